The van der Waals surface area contributed by atoms with E-state index in [-0.39, 0.29) is 12.1 Å². The quantitative estimate of drug-likeness (QED) is 0.519. The van der Waals surface area contributed by atoms with Crippen LogP contribution in [0.4, 0.5) is 0 Å². The number of nitrogens with one attached hydrogen (secondary N) is 2. The zero-order valence-corrected chi connectivity index (χ0v) is 17.2. The minimum atomic E-state index is 0.0815. The summed E-state index contributed by atoms with van der Waals surface area (Å²) in [7, 11) is 0. The van der Waals surface area contributed by atoms with Gasteiger partial charge in [0, 0.05) is 33.3 Å². The number of H-pyrrole nitrogens is 1. The van der Waals surface area contributed by atoms with Crippen molar-refractivity contribution >= 4 is 39.9 Å². The van der Waals surface area contributed by atoms with E-state index in [1.165, 1.54) is 20.5 Å². The predicted octanol–water partition coefficient (Wildman–Crippen LogP) is 4.40. The number of hydrogen-bond donors (Lipinski definition) is 2. The highest BCUT2D eigenvalue weighted by Gasteiger charge is 2.41. The van der Waals surface area contributed by atoms with Gasteiger partial charge in [0.25, 0.3) is 0 Å². The number of aromatic amines is 1. The zero-order valence-electron chi connectivity index (χ0n) is 14.3. The van der Waals surface area contributed by atoms with E-state index >= 15 is 0 Å². The van der Waals surface area contributed by atoms with Crippen molar-refractivity contribution in [2.75, 3.05) is 6.54 Å². The lowest BCUT2D eigenvalue weighted by Gasteiger charge is -2.28. The third kappa shape index (κ3) is 3.18. The Hall–Kier alpha value is -1.15. The van der Waals surface area contributed by atoms with E-state index in [0.717, 1.165) is 30.2 Å². The Balaban J connectivity index is 2.07. The van der Waals surface area contributed by atoms with Crippen molar-refractivity contribution in [3.63, 3.8) is 0 Å². The van der Waals surface area contributed by atoms with E-state index < -0.39 is 0 Å². The van der Waals surface area contributed by atoms with Crippen LogP contribution in [0.3, 0.4) is 0 Å². The van der Waals surface area contributed by atoms with Crippen LogP contribution in [0.1, 0.15) is 54.5 Å². The molecule has 3 rings (SSSR count). The Kier molecular flexibility index (Phi) is 5.44. The first-order valence-corrected chi connectivity index (χ1v) is 9.86. The van der Waals surface area contributed by atoms with E-state index in [4.69, 9.17) is 12.2 Å². The molecule has 0 amide bonds. The molecule has 2 aromatic rings. The monoisotopic (exact) mass is 454 g/mol. The van der Waals surface area contributed by atoms with Gasteiger partial charge in [-0.2, -0.15) is 0 Å². The first kappa shape index (κ1) is 17.7. The molecule has 0 aromatic carbocycles. The van der Waals surface area contributed by atoms with E-state index in [0.29, 0.717) is 0 Å². The number of halogens is 1. The van der Waals surface area contributed by atoms with Gasteiger partial charge in [-0.15, -0.1) is 0 Å². The summed E-state index contributed by atoms with van der Waals surface area (Å²) >= 11 is 8.13. The van der Waals surface area contributed by atoms with Crippen molar-refractivity contribution in [2.24, 2.45) is 0 Å². The van der Waals surface area contributed by atoms with Gasteiger partial charge in [-0.3, -0.25) is 4.98 Å². The van der Waals surface area contributed by atoms with Crippen molar-refractivity contribution in [1.29, 1.82) is 0 Å². The van der Waals surface area contributed by atoms with Crippen LogP contribution in [0, 0.1) is 17.4 Å². The fourth-order valence-corrected chi connectivity index (χ4v) is 4.60. The topological polar surface area (TPSA) is 44.0 Å². The maximum atomic E-state index is 5.68. The Morgan fingerprint density at radius 1 is 1.29 bits per heavy atom. The third-order valence-corrected chi connectivity index (χ3v) is 6.33. The summed E-state index contributed by atoms with van der Waals surface area (Å²) in [6.45, 7) is 7.47. The van der Waals surface area contributed by atoms with Crippen molar-refractivity contribution < 1.29 is 0 Å². The lowest BCUT2D eigenvalue weighted by atomic mass is 9.96. The van der Waals surface area contributed by atoms with Gasteiger partial charge in [0.2, 0.25) is 0 Å². The first-order chi connectivity index (χ1) is 11.5. The summed E-state index contributed by atoms with van der Waals surface area (Å²) in [4.78, 5) is 10.4. The van der Waals surface area contributed by atoms with Crippen molar-refractivity contribution in [2.45, 2.75) is 45.7 Å². The number of aryl methyl sites for hydroxylation is 2. The summed E-state index contributed by atoms with van der Waals surface area (Å²) in [6.07, 6.45) is 4.14. The van der Waals surface area contributed by atoms with Crippen molar-refractivity contribution in [1.82, 2.24) is 20.2 Å². The number of nitrogens with zero attached hydrogens (tertiary/aromatic N) is 2. The molecule has 3 heterocycles. The minimum absolute atomic E-state index is 0.0815. The highest BCUT2D eigenvalue weighted by Crippen LogP contribution is 2.42. The number of pyridine rings is 1. The molecule has 2 atom stereocenters. The molecular weight excluding hydrogens is 431 g/mol. The molecule has 2 aromatic heterocycles. The van der Waals surface area contributed by atoms with Gasteiger partial charge in [-0.25, -0.2) is 0 Å². The average molecular weight is 454 g/mol. The summed E-state index contributed by atoms with van der Waals surface area (Å²) in [5, 5.41) is 4.35. The van der Waals surface area contributed by atoms with Crippen LogP contribution >= 0.6 is 34.8 Å². The molecule has 128 valence electrons. The molecule has 1 saturated heterocycles. The average Bonchev–Trinajstić information content (AvgIpc) is 3.02. The van der Waals surface area contributed by atoms with E-state index in [9.17, 15) is 0 Å². The molecule has 0 aliphatic carbocycles. The summed E-state index contributed by atoms with van der Waals surface area (Å²) < 4.78 is 1.30. The van der Waals surface area contributed by atoms with Crippen LogP contribution in [-0.4, -0.2) is 26.5 Å². The molecule has 1 fully saturated rings. The number of hydrogen-bond acceptors (Lipinski definition) is 2. The SMILES string of the molecule is CCCCN1C(=S)N[C@@H](c2ccccn2)[C@H]1c1c(C)[nH]c(C)c1I. The van der Waals surface area contributed by atoms with E-state index in [1.807, 2.05) is 18.3 Å². The Morgan fingerprint density at radius 3 is 2.67 bits per heavy atom. The fourth-order valence-electron chi connectivity index (χ4n) is 3.41. The molecule has 1 aliphatic heterocycles. The number of aromatic nitrogens is 2. The Morgan fingerprint density at radius 2 is 2.08 bits per heavy atom. The number of rotatable bonds is 5. The molecule has 1 aliphatic rings. The Labute approximate surface area is 162 Å². The highest BCUT2D eigenvalue weighted by molar-refractivity contribution is 14.1. The first-order valence-electron chi connectivity index (χ1n) is 8.37. The molecule has 0 unspecified atom stereocenters. The smallest absolute Gasteiger partial charge is 0.170 e. The molecule has 0 bridgehead atoms. The predicted molar refractivity (Wildman–Crippen MR) is 110 cm³/mol. The Bertz CT molecular complexity index is 728. The maximum absolute atomic E-state index is 5.68. The lowest BCUT2D eigenvalue weighted by Crippen LogP contribution is -2.31. The molecule has 4 nitrogen and oxygen atoms in total. The zero-order chi connectivity index (χ0) is 17.3. The normalized spacial score (nSPS) is 20.5. The molecule has 24 heavy (non-hydrogen) atoms. The fraction of sp³-hybridized carbons (Fsp3) is 0.444. The largest absolute Gasteiger partial charge is 0.362 e. The van der Waals surface area contributed by atoms with Gasteiger partial charge >= 0.3 is 0 Å². The lowest BCUT2D eigenvalue weighted by molar-refractivity contribution is 0.311. The molecule has 0 spiro atoms. The summed E-state index contributed by atoms with van der Waals surface area (Å²) in [6, 6.07) is 6.33. The van der Waals surface area contributed by atoms with Crippen LogP contribution in [0.2, 0.25) is 0 Å². The third-order valence-electron chi connectivity index (χ3n) is 4.59. The molecule has 0 radical (unpaired) electrons. The van der Waals surface area contributed by atoms with Crippen LogP contribution in [0.5, 0.6) is 0 Å². The van der Waals surface area contributed by atoms with Gasteiger partial charge in [0.05, 0.1) is 17.8 Å². The highest BCUT2D eigenvalue weighted by atomic mass is 127. The van der Waals surface area contributed by atoms with Crippen LogP contribution in [0.25, 0.3) is 0 Å². The second kappa shape index (κ2) is 7.39. The standard InChI is InChI=1S/C18H23IN4S/c1-4-5-10-23-17(14-11(2)21-12(3)15(14)19)16(22-18(23)24)13-8-6-7-9-20-13/h6-9,16-17,21H,4-5,10H2,1-3H3,(H,22,24)/t16-,17+/m0/s1. The van der Waals surface area contributed by atoms with Gasteiger partial charge in [-0.05, 0) is 67.2 Å². The van der Waals surface area contributed by atoms with Crippen LogP contribution in [0.15, 0.2) is 24.4 Å². The molecule has 2 N–H and O–H groups in total. The van der Waals surface area contributed by atoms with Gasteiger partial charge in [0.1, 0.15) is 0 Å². The van der Waals surface area contributed by atoms with E-state index in [1.54, 1.807) is 0 Å². The van der Waals surface area contributed by atoms with Gasteiger partial charge in [-0.1, -0.05) is 19.4 Å². The maximum Gasteiger partial charge on any atom is 0.170 e. The van der Waals surface area contributed by atoms with E-state index in [2.05, 4.69) is 69.6 Å². The molecular formula is C18H23IN4S. The van der Waals surface area contributed by atoms with Crippen LogP contribution in [-0.2, 0) is 0 Å². The van der Waals surface area contributed by atoms with Crippen LogP contribution < -0.4 is 5.32 Å². The molecule has 0 saturated carbocycles. The number of thiocarbonyl (C=S) groups is 1. The van der Waals surface area contributed by atoms with Gasteiger partial charge in [0.15, 0.2) is 5.11 Å². The number of unbranched alkanes of at least 4 members (excludes halogenated alkanes) is 1. The molecule has 6 heteroatoms. The van der Waals surface area contributed by atoms with Crippen molar-refractivity contribution in [3.05, 3.63) is 50.6 Å². The second-order valence-corrected chi connectivity index (χ2v) is 7.74. The minimum Gasteiger partial charge on any atom is -0.362 e. The summed E-state index contributed by atoms with van der Waals surface area (Å²) in [5.41, 5.74) is 4.82. The van der Waals surface area contributed by atoms with Crippen molar-refractivity contribution in [3.8, 4) is 0 Å². The summed E-state index contributed by atoms with van der Waals surface area (Å²) in [5.74, 6) is 0. The van der Waals surface area contributed by atoms with Gasteiger partial charge < -0.3 is 15.2 Å². The second-order valence-electron chi connectivity index (χ2n) is 6.28.